The summed E-state index contributed by atoms with van der Waals surface area (Å²) in [6.45, 7) is -2.08. The average Bonchev–Trinajstić information content (AvgIpc) is 0.772. The van der Waals surface area contributed by atoms with Crippen molar-refractivity contribution in [3.8, 4) is 0 Å². The summed E-state index contributed by atoms with van der Waals surface area (Å²) in [6, 6.07) is -3.73. The van der Waals surface area contributed by atoms with Crippen LogP contribution in [0.4, 0.5) is 0 Å². The molecule has 8 aliphatic rings. The lowest BCUT2D eigenvalue weighted by atomic mass is 9.93. The standard InChI is InChI=1S/C52H88N2O39/c1-11-23(63)27(67)32(72)47(79-11)91-42-21(53-13(3)61)45(78)81-18(8-58)39(42)88-46-22(54-14(4)62)43(92-48-33(73)28(68)24(64)12(2)80-48)40(19(9-59)84-46)89-52-37(77)44(41(20(10-60)86-52)90-50-35(75)30(70)26(66)16(6-56)83-50)93-51-36(76)31(71)38(17(7-57)85-51)87-49-34(74)29(69)25(65)15(5-55)82-49/h11-12,15-52,55-60,63-78H,5-10H2,1-4H3,(H,53,61)(H,54,62)/t11-,12-,15+,16+,17+,18+,19+,20+,21+,22+,23+,24+,25-,26-,27+,28+,29-,30-,31+,32-,33-,34+,35+,36-,37-,38+,39+,40+,41+,42+,43+,44+,45+,46-,47-,48-,49+,50-,51+,52-/m0/s1. The topological polar surface area (TPSA) is 642 Å². The van der Waals surface area contributed by atoms with Gasteiger partial charge in [-0.15, -0.1) is 0 Å². The highest BCUT2D eigenvalue weighted by Crippen LogP contribution is 2.40. The zero-order valence-electron chi connectivity index (χ0n) is 50.1. The van der Waals surface area contributed by atoms with E-state index in [1.807, 2.05) is 0 Å². The molecule has 0 saturated carbocycles. The molecular formula is C52H88N2O39. The first kappa shape index (κ1) is 76.2. The number of ether oxygens (including phenoxy) is 15. The van der Waals surface area contributed by atoms with Gasteiger partial charge in [-0.05, 0) is 13.8 Å². The van der Waals surface area contributed by atoms with Crippen molar-refractivity contribution in [2.24, 2.45) is 0 Å². The van der Waals surface area contributed by atoms with Crippen LogP contribution in [0, 0.1) is 0 Å². The fraction of sp³-hybridized carbons (Fsp3) is 0.962. The molecule has 8 rings (SSSR count). The maximum absolute atomic E-state index is 13.5. The summed E-state index contributed by atoms with van der Waals surface area (Å²) in [4.78, 5) is 26.2. The molecule has 0 aromatic rings. The number of hydrogen-bond donors (Lipinski definition) is 24. The quantitative estimate of drug-likeness (QED) is 0.0479. The van der Waals surface area contributed by atoms with Gasteiger partial charge in [0.05, 0.1) is 51.8 Å². The first-order chi connectivity index (χ1) is 43.9. The van der Waals surface area contributed by atoms with Crippen LogP contribution in [-0.4, -0.2) is 409 Å². The van der Waals surface area contributed by atoms with Gasteiger partial charge in [-0.1, -0.05) is 0 Å². The summed E-state index contributed by atoms with van der Waals surface area (Å²) in [5, 5.41) is 245. The molecule has 8 heterocycles. The van der Waals surface area contributed by atoms with Crippen molar-refractivity contribution in [1.82, 2.24) is 10.6 Å². The molecule has 0 aliphatic carbocycles. The van der Waals surface area contributed by atoms with Gasteiger partial charge in [0.25, 0.3) is 0 Å². The van der Waals surface area contributed by atoms with Gasteiger partial charge in [-0.2, -0.15) is 0 Å². The summed E-state index contributed by atoms with van der Waals surface area (Å²) in [7, 11) is 0. The molecule has 8 saturated heterocycles. The Balaban J connectivity index is 1.17. The third kappa shape index (κ3) is 16.2. The molecule has 0 unspecified atom stereocenters. The molecule has 0 radical (unpaired) electrons. The lowest BCUT2D eigenvalue weighted by molar-refractivity contribution is -0.409. The molecule has 0 spiro atoms. The van der Waals surface area contributed by atoms with Crippen molar-refractivity contribution in [2.45, 2.75) is 273 Å². The highest BCUT2D eigenvalue weighted by atomic mass is 16.8. The zero-order valence-corrected chi connectivity index (χ0v) is 50.1. The van der Waals surface area contributed by atoms with E-state index < -0.39 is 297 Å². The Morgan fingerprint density at radius 1 is 0.280 bits per heavy atom. The Kier molecular flexibility index (Phi) is 26.7. The molecular weight excluding hydrogens is 1280 g/mol. The molecule has 2 amide bonds. The molecule has 8 aliphatic heterocycles. The SMILES string of the molecule is CC(=O)N[C@@H]1[C@@H](O[C@@H]2O[C@@H](C)[C@@H](O)[C@@H](O)[C@@H]2O)[C@H](O[C@@H]2O[C@H](CO)[C@@H](O[C@@H]3O[C@H](CO)[C@@H](O[C@@H]4O[C@H](CO)[C@H](O)[C@H](O)[C@H]4O)[C@H](O[C@H]4O[C@H](CO)[C@@H](O[C@H]5O[C@H](CO)[C@H](O)[C@H](O)[C@H]5O)[C@H](O)[C@@H]4O)[C@@H]3O)[C@H](O[C@@H]3O[C@@H](C)[C@@H](O)[C@@H](O)[C@@H]3O)[C@H]2NC(C)=O)[C@@H](CO)O[C@H]1O. The van der Waals surface area contributed by atoms with Crippen LogP contribution in [0.1, 0.15) is 27.7 Å². The van der Waals surface area contributed by atoms with E-state index in [0.29, 0.717) is 0 Å². The second-order valence-corrected chi connectivity index (χ2v) is 23.8. The molecule has 540 valence electrons. The molecule has 0 bridgehead atoms. The van der Waals surface area contributed by atoms with Crippen molar-refractivity contribution in [3.05, 3.63) is 0 Å². The summed E-state index contributed by atoms with van der Waals surface area (Å²) in [5.41, 5.74) is 0. The molecule has 8 fully saturated rings. The van der Waals surface area contributed by atoms with Crippen LogP contribution < -0.4 is 10.6 Å². The largest absolute Gasteiger partial charge is 0.394 e. The van der Waals surface area contributed by atoms with Gasteiger partial charge in [0.1, 0.15) is 183 Å². The fourth-order valence-electron chi connectivity index (χ4n) is 12.2. The first-order valence-electron chi connectivity index (χ1n) is 29.9. The third-order valence-corrected chi connectivity index (χ3v) is 17.4. The number of aliphatic hydroxyl groups is 22. The summed E-state index contributed by atoms with van der Waals surface area (Å²) < 4.78 is 89.4. The second kappa shape index (κ2) is 32.6. The molecule has 40 atom stereocenters. The Morgan fingerprint density at radius 2 is 0.548 bits per heavy atom. The number of amides is 2. The number of carbonyl (C=O) groups excluding carboxylic acids is 2. The average molecular weight is 1370 g/mol. The van der Waals surface area contributed by atoms with Gasteiger partial charge in [0.2, 0.25) is 11.8 Å². The van der Waals surface area contributed by atoms with Crippen molar-refractivity contribution < 1.29 is 193 Å². The van der Waals surface area contributed by atoms with E-state index in [1.165, 1.54) is 13.8 Å². The number of rotatable bonds is 22. The molecule has 24 N–H and O–H groups in total. The van der Waals surface area contributed by atoms with Crippen LogP contribution in [0.2, 0.25) is 0 Å². The van der Waals surface area contributed by atoms with Crippen LogP contribution in [0.25, 0.3) is 0 Å². The van der Waals surface area contributed by atoms with Crippen LogP contribution >= 0.6 is 0 Å². The number of hydrogen-bond acceptors (Lipinski definition) is 39. The molecule has 0 aromatic carbocycles. The minimum absolute atomic E-state index is 0.837. The Morgan fingerprint density at radius 3 is 0.957 bits per heavy atom. The van der Waals surface area contributed by atoms with Crippen molar-refractivity contribution in [3.63, 3.8) is 0 Å². The van der Waals surface area contributed by atoms with Gasteiger partial charge < -0.3 is 194 Å². The Bertz CT molecular complexity index is 2350. The highest BCUT2D eigenvalue weighted by molar-refractivity contribution is 5.73. The van der Waals surface area contributed by atoms with Gasteiger partial charge >= 0.3 is 0 Å². The summed E-state index contributed by atoms with van der Waals surface area (Å²) >= 11 is 0. The predicted octanol–water partition coefficient (Wildman–Crippen LogP) is -16.1. The smallest absolute Gasteiger partial charge is 0.217 e. The van der Waals surface area contributed by atoms with Crippen LogP contribution in [-0.2, 0) is 80.6 Å². The molecule has 0 aromatic heterocycles. The maximum Gasteiger partial charge on any atom is 0.217 e. The fourth-order valence-corrected chi connectivity index (χ4v) is 12.2. The minimum Gasteiger partial charge on any atom is -0.394 e. The number of carbonyl (C=O) groups is 2. The highest BCUT2D eigenvalue weighted by Gasteiger charge is 2.61. The van der Waals surface area contributed by atoms with E-state index in [0.717, 1.165) is 13.8 Å². The molecule has 41 heteroatoms. The van der Waals surface area contributed by atoms with E-state index in [1.54, 1.807) is 0 Å². The number of nitrogens with one attached hydrogen (secondary N) is 2. The first-order valence-corrected chi connectivity index (χ1v) is 29.9. The number of aliphatic hydroxyl groups excluding tert-OH is 22. The lowest BCUT2D eigenvalue weighted by Gasteiger charge is -2.53. The lowest BCUT2D eigenvalue weighted by Crippen LogP contribution is -2.72. The Labute approximate surface area is 527 Å². The second-order valence-electron chi connectivity index (χ2n) is 23.8. The van der Waals surface area contributed by atoms with Crippen LogP contribution in [0.15, 0.2) is 0 Å². The van der Waals surface area contributed by atoms with Crippen LogP contribution in [0.3, 0.4) is 0 Å². The summed E-state index contributed by atoms with van der Waals surface area (Å²) in [6.07, 6.45) is -75.9. The van der Waals surface area contributed by atoms with Gasteiger partial charge in [-0.3, -0.25) is 9.59 Å². The van der Waals surface area contributed by atoms with Gasteiger partial charge in [-0.25, -0.2) is 0 Å². The van der Waals surface area contributed by atoms with Crippen molar-refractivity contribution in [2.75, 3.05) is 39.6 Å². The van der Waals surface area contributed by atoms with Gasteiger partial charge in [0.15, 0.2) is 50.3 Å². The van der Waals surface area contributed by atoms with Gasteiger partial charge in [0, 0.05) is 13.8 Å². The van der Waals surface area contributed by atoms with Crippen molar-refractivity contribution >= 4 is 11.8 Å². The van der Waals surface area contributed by atoms with Crippen LogP contribution in [0.5, 0.6) is 0 Å². The molecule has 41 nitrogen and oxygen atoms in total. The molecule has 93 heavy (non-hydrogen) atoms. The van der Waals surface area contributed by atoms with E-state index in [4.69, 9.17) is 71.1 Å². The normalized spacial score (nSPS) is 51.6. The summed E-state index contributed by atoms with van der Waals surface area (Å²) in [5.74, 6) is -1.80. The van der Waals surface area contributed by atoms with E-state index in [9.17, 15) is 122 Å². The predicted molar refractivity (Wildman–Crippen MR) is 285 cm³/mol. The maximum atomic E-state index is 13.5. The van der Waals surface area contributed by atoms with E-state index in [2.05, 4.69) is 10.6 Å². The van der Waals surface area contributed by atoms with Crippen molar-refractivity contribution in [1.29, 1.82) is 0 Å². The minimum atomic E-state index is -2.51. The van der Waals surface area contributed by atoms with E-state index in [-0.39, 0.29) is 0 Å². The van der Waals surface area contributed by atoms with E-state index >= 15 is 0 Å². The monoisotopic (exact) mass is 1360 g/mol. The third-order valence-electron chi connectivity index (χ3n) is 17.4. The Hall–Kier alpha value is -2.54. The zero-order chi connectivity index (χ0) is 68.5.